The van der Waals surface area contributed by atoms with Gasteiger partial charge in [0, 0.05) is 37.2 Å². The van der Waals surface area contributed by atoms with Crippen molar-refractivity contribution in [3.05, 3.63) is 188 Å². The Hall–Kier alpha value is -5.96. The largest absolute Gasteiger partial charge is 0.310 e. The van der Waals surface area contributed by atoms with E-state index in [9.17, 15) is 0 Å². The molecule has 1 heterocycles. The maximum atomic E-state index is 2.38. The van der Waals surface area contributed by atoms with E-state index >= 15 is 0 Å². The number of hydrogen-bond acceptors (Lipinski definition) is 2. The molecule has 0 fully saturated rings. The first kappa shape index (κ1) is 28.3. The van der Waals surface area contributed by atoms with Crippen LogP contribution in [0.5, 0.6) is 0 Å². The third-order valence-corrected chi connectivity index (χ3v) is 10.4. The van der Waals surface area contributed by atoms with Gasteiger partial charge in [-0.3, -0.25) is 0 Å². The number of nitrogens with zero attached hydrogens (tertiary/aromatic N) is 1. The molecule has 0 bridgehead atoms. The van der Waals surface area contributed by atoms with Crippen LogP contribution in [0.25, 0.3) is 64.3 Å². The fourth-order valence-electron chi connectivity index (χ4n) is 6.90. The van der Waals surface area contributed by atoms with E-state index in [4.69, 9.17) is 0 Å². The van der Waals surface area contributed by atoms with E-state index in [1.165, 1.54) is 64.3 Å². The molecule has 8 aromatic carbocycles. The molecule has 0 radical (unpaired) electrons. The second-order valence-electron chi connectivity index (χ2n) is 12.2. The summed E-state index contributed by atoms with van der Waals surface area (Å²) in [7, 11) is 0. The minimum Gasteiger partial charge on any atom is -0.310 e. The van der Waals surface area contributed by atoms with E-state index in [2.05, 4.69) is 193 Å². The molecule has 48 heavy (non-hydrogen) atoms. The Morgan fingerprint density at radius 1 is 0.312 bits per heavy atom. The smallest absolute Gasteiger partial charge is 0.0467 e. The Bertz CT molecular complexity index is 2560. The molecule has 0 unspecified atom stereocenters. The first-order valence-electron chi connectivity index (χ1n) is 16.3. The zero-order valence-corrected chi connectivity index (χ0v) is 27.1. The Morgan fingerprint density at radius 3 is 1.71 bits per heavy atom. The van der Waals surface area contributed by atoms with Crippen LogP contribution in [-0.4, -0.2) is 0 Å². The molecule has 0 saturated carbocycles. The van der Waals surface area contributed by atoms with Gasteiger partial charge in [0.1, 0.15) is 0 Å². The van der Waals surface area contributed by atoms with E-state index in [-0.39, 0.29) is 0 Å². The van der Waals surface area contributed by atoms with Crippen LogP contribution in [0, 0.1) is 0 Å². The molecule has 0 N–H and O–H groups in total. The first-order valence-corrected chi connectivity index (χ1v) is 17.2. The van der Waals surface area contributed by atoms with Gasteiger partial charge in [0.2, 0.25) is 0 Å². The number of anilines is 3. The maximum Gasteiger partial charge on any atom is 0.0467 e. The van der Waals surface area contributed by atoms with Gasteiger partial charge in [-0.25, -0.2) is 0 Å². The minimum absolute atomic E-state index is 1.11. The van der Waals surface area contributed by atoms with Crippen molar-refractivity contribution in [1.29, 1.82) is 0 Å². The van der Waals surface area contributed by atoms with E-state index in [1.807, 2.05) is 11.3 Å². The van der Waals surface area contributed by atoms with Crippen LogP contribution in [0.1, 0.15) is 0 Å². The highest BCUT2D eigenvalue weighted by Crippen LogP contribution is 2.41. The second-order valence-corrected chi connectivity index (χ2v) is 13.3. The van der Waals surface area contributed by atoms with Crippen molar-refractivity contribution in [3.63, 3.8) is 0 Å². The topological polar surface area (TPSA) is 3.24 Å². The summed E-state index contributed by atoms with van der Waals surface area (Å²) in [5.41, 5.74) is 10.6. The average Bonchev–Trinajstić information content (AvgIpc) is 3.54. The van der Waals surface area contributed by atoms with Crippen LogP contribution in [0.3, 0.4) is 0 Å². The van der Waals surface area contributed by atoms with Gasteiger partial charge >= 0.3 is 0 Å². The number of hydrogen-bond donors (Lipinski definition) is 0. The lowest BCUT2D eigenvalue weighted by atomic mass is 9.97. The zero-order valence-electron chi connectivity index (χ0n) is 26.3. The molecule has 9 aromatic rings. The van der Waals surface area contributed by atoms with Gasteiger partial charge in [-0.05, 0) is 98.8 Å². The van der Waals surface area contributed by atoms with Gasteiger partial charge in [0.25, 0.3) is 0 Å². The molecular formula is C46H31NS. The van der Waals surface area contributed by atoms with Gasteiger partial charge in [0.15, 0.2) is 0 Å². The summed E-state index contributed by atoms with van der Waals surface area (Å²) in [4.78, 5) is 2.38. The van der Waals surface area contributed by atoms with E-state index < -0.39 is 0 Å². The molecular weight excluding hydrogens is 599 g/mol. The minimum atomic E-state index is 1.11. The summed E-state index contributed by atoms with van der Waals surface area (Å²) in [5.74, 6) is 0. The Kier molecular flexibility index (Phi) is 7.07. The molecule has 0 aliphatic rings. The van der Waals surface area contributed by atoms with Crippen molar-refractivity contribution < 1.29 is 0 Å². The van der Waals surface area contributed by atoms with E-state index in [0.29, 0.717) is 0 Å². The fraction of sp³-hybridized carbons (Fsp3) is 0. The SMILES string of the molecule is c1ccc(-c2cccc(N(c3ccc(-c4ccc5sc6ccccc6c5c4)cc3)c3cccc(-c4cccc5ccccc45)c3)c2)cc1. The molecule has 0 aliphatic carbocycles. The summed E-state index contributed by atoms with van der Waals surface area (Å²) in [6.07, 6.45) is 0. The standard InChI is InChI=1S/C46H31NS/c1-2-11-32(12-3-1)35-15-8-17-39(29-35)47(40-18-9-16-37(30-40)42-21-10-14-34-13-4-5-19-41(34)42)38-26-23-33(24-27-38)36-25-28-46-44(31-36)43-20-6-7-22-45(43)48-46/h1-31H. The van der Waals surface area contributed by atoms with Crippen molar-refractivity contribution in [2.45, 2.75) is 0 Å². The quantitative estimate of drug-likeness (QED) is 0.177. The van der Waals surface area contributed by atoms with Gasteiger partial charge in [-0.1, -0.05) is 133 Å². The summed E-state index contributed by atoms with van der Waals surface area (Å²) in [5, 5.41) is 5.15. The highest BCUT2D eigenvalue weighted by molar-refractivity contribution is 7.25. The summed E-state index contributed by atoms with van der Waals surface area (Å²) >= 11 is 1.86. The van der Waals surface area contributed by atoms with Crippen molar-refractivity contribution in [2.75, 3.05) is 4.90 Å². The van der Waals surface area contributed by atoms with E-state index in [0.717, 1.165) is 17.1 Å². The van der Waals surface area contributed by atoms with Crippen molar-refractivity contribution in [2.24, 2.45) is 0 Å². The average molecular weight is 630 g/mol. The zero-order chi connectivity index (χ0) is 31.9. The predicted octanol–water partition coefficient (Wildman–Crippen LogP) is 13.7. The van der Waals surface area contributed by atoms with Crippen LogP contribution in [0.15, 0.2) is 188 Å². The number of fused-ring (bicyclic) bond motifs is 4. The number of thiophene rings is 1. The molecule has 0 amide bonds. The normalized spacial score (nSPS) is 11.3. The summed E-state index contributed by atoms with van der Waals surface area (Å²) < 4.78 is 2.66. The van der Waals surface area contributed by atoms with Gasteiger partial charge in [0.05, 0.1) is 0 Å². The maximum absolute atomic E-state index is 2.38. The van der Waals surface area contributed by atoms with Crippen molar-refractivity contribution in [1.82, 2.24) is 0 Å². The lowest BCUT2D eigenvalue weighted by Crippen LogP contribution is -2.10. The molecule has 0 spiro atoms. The summed E-state index contributed by atoms with van der Waals surface area (Å²) in [6, 6.07) is 68.2. The van der Waals surface area contributed by atoms with Crippen LogP contribution in [0.4, 0.5) is 17.1 Å². The van der Waals surface area contributed by atoms with Crippen LogP contribution in [-0.2, 0) is 0 Å². The Labute approximate surface area is 284 Å². The first-order chi connectivity index (χ1) is 23.8. The molecule has 1 nitrogen and oxygen atoms in total. The predicted molar refractivity (Wildman–Crippen MR) is 208 cm³/mol. The fourth-order valence-corrected chi connectivity index (χ4v) is 7.99. The second kappa shape index (κ2) is 12.0. The van der Waals surface area contributed by atoms with Crippen LogP contribution in [0.2, 0.25) is 0 Å². The Balaban J connectivity index is 1.16. The van der Waals surface area contributed by atoms with Crippen LogP contribution < -0.4 is 4.90 Å². The van der Waals surface area contributed by atoms with Gasteiger partial charge in [-0.2, -0.15) is 0 Å². The highest BCUT2D eigenvalue weighted by atomic mass is 32.1. The lowest BCUT2D eigenvalue weighted by Gasteiger charge is -2.27. The van der Waals surface area contributed by atoms with Crippen molar-refractivity contribution >= 4 is 59.3 Å². The van der Waals surface area contributed by atoms with Crippen LogP contribution >= 0.6 is 11.3 Å². The number of benzene rings is 8. The Morgan fingerprint density at radius 2 is 0.875 bits per heavy atom. The van der Waals surface area contributed by atoms with E-state index in [1.54, 1.807) is 0 Å². The third-order valence-electron chi connectivity index (χ3n) is 9.25. The molecule has 9 rings (SSSR count). The highest BCUT2D eigenvalue weighted by Gasteiger charge is 2.16. The summed E-state index contributed by atoms with van der Waals surface area (Å²) in [6.45, 7) is 0. The molecule has 1 aromatic heterocycles. The third kappa shape index (κ3) is 5.13. The van der Waals surface area contributed by atoms with Gasteiger partial charge in [-0.15, -0.1) is 11.3 Å². The molecule has 2 heteroatoms. The lowest BCUT2D eigenvalue weighted by molar-refractivity contribution is 1.28. The molecule has 0 saturated heterocycles. The monoisotopic (exact) mass is 629 g/mol. The van der Waals surface area contributed by atoms with Gasteiger partial charge < -0.3 is 4.90 Å². The number of rotatable bonds is 6. The molecule has 226 valence electrons. The molecule has 0 aliphatic heterocycles. The van der Waals surface area contributed by atoms with Crippen molar-refractivity contribution in [3.8, 4) is 33.4 Å². The molecule has 0 atom stereocenters.